The van der Waals surface area contributed by atoms with Gasteiger partial charge in [0.25, 0.3) is 5.91 Å². The summed E-state index contributed by atoms with van der Waals surface area (Å²) in [5.74, 6) is -0.0269. The van der Waals surface area contributed by atoms with Crippen LogP contribution < -0.4 is 5.32 Å². The van der Waals surface area contributed by atoms with E-state index in [4.69, 9.17) is 4.74 Å². The van der Waals surface area contributed by atoms with Crippen LogP contribution in [0.25, 0.3) is 11.1 Å². The first-order valence-electron chi connectivity index (χ1n) is 8.83. The lowest BCUT2D eigenvalue weighted by Gasteiger charge is -2.40. The molecule has 4 heteroatoms. The predicted octanol–water partition coefficient (Wildman–Crippen LogP) is 3.19. The van der Waals surface area contributed by atoms with E-state index in [1.54, 1.807) is 0 Å². The average Bonchev–Trinajstić information content (AvgIpc) is 2.68. The van der Waals surface area contributed by atoms with Crippen molar-refractivity contribution < 1.29 is 9.53 Å². The SMILES string of the molecule is CC(C)(CNC(=O)c1ccc(-c2ccccc2)cc1)N1CCOCC1. The van der Waals surface area contributed by atoms with Crippen LogP contribution in [0.4, 0.5) is 0 Å². The van der Waals surface area contributed by atoms with Gasteiger partial charge in [-0.1, -0.05) is 42.5 Å². The third kappa shape index (κ3) is 4.47. The summed E-state index contributed by atoms with van der Waals surface area (Å²) in [5.41, 5.74) is 2.88. The molecule has 0 aromatic heterocycles. The highest BCUT2D eigenvalue weighted by Crippen LogP contribution is 2.19. The summed E-state index contributed by atoms with van der Waals surface area (Å²) < 4.78 is 5.41. The number of benzene rings is 2. The molecule has 1 fully saturated rings. The Labute approximate surface area is 149 Å². The molecule has 4 nitrogen and oxygen atoms in total. The Morgan fingerprint density at radius 1 is 1.00 bits per heavy atom. The molecule has 2 aromatic rings. The first kappa shape index (κ1) is 17.6. The Balaban J connectivity index is 1.59. The summed E-state index contributed by atoms with van der Waals surface area (Å²) in [6.45, 7) is 8.29. The molecular weight excluding hydrogens is 312 g/mol. The minimum atomic E-state index is -0.0799. The number of carbonyl (C=O) groups excluding carboxylic acids is 1. The van der Waals surface area contributed by atoms with Crippen LogP contribution in [0, 0.1) is 0 Å². The summed E-state index contributed by atoms with van der Waals surface area (Å²) >= 11 is 0. The zero-order valence-electron chi connectivity index (χ0n) is 15.0. The van der Waals surface area contributed by atoms with Crippen molar-refractivity contribution in [3.8, 4) is 11.1 Å². The van der Waals surface area contributed by atoms with Crippen LogP contribution in [0.15, 0.2) is 54.6 Å². The van der Waals surface area contributed by atoms with Crippen LogP contribution >= 0.6 is 0 Å². The first-order valence-corrected chi connectivity index (χ1v) is 8.83. The Morgan fingerprint density at radius 3 is 2.24 bits per heavy atom. The van der Waals surface area contributed by atoms with Gasteiger partial charge in [-0.15, -0.1) is 0 Å². The molecule has 1 aliphatic heterocycles. The highest BCUT2D eigenvalue weighted by Gasteiger charge is 2.28. The zero-order valence-corrected chi connectivity index (χ0v) is 15.0. The van der Waals surface area contributed by atoms with Crippen molar-refractivity contribution in [3.05, 3.63) is 60.2 Å². The molecule has 1 aliphatic rings. The number of nitrogens with one attached hydrogen (secondary N) is 1. The summed E-state index contributed by atoms with van der Waals surface area (Å²) in [6, 6.07) is 17.9. The largest absolute Gasteiger partial charge is 0.379 e. The summed E-state index contributed by atoms with van der Waals surface area (Å²) in [7, 11) is 0. The fourth-order valence-electron chi connectivity index (χ4n) is 3.12. The summed E-state index contributed by atoms with van der Waals surface area (Å²) in [5, 5.41) is 3.07. The van der Waals surface area contributed by atoms with Gasteiger partial charge in [-0.25, -0.2) is 0 Å². The van der Waals surface area contributed by atoms with Crippen molar-refractivity contribution in [3.63, 3.8) is 0 Å². The zero-order chi connectivity index (χ0) is 17.7. The van der Waals surface area contributed by atoms with E-state index in [0.717, 1.165) is 37.4 Å². The van der Waals surface area contributed by atoms with Gasteiger partial charge in [-0.05, 0) is 37.1 Å². The number of nitrogens with zero attached hydrogens (tertiary/aromatic N) is 1. The summed E-state index contributed by atoms with van der Waals surface area (Å²) in [6.07, 6.45) is 0. The monoisotopic (exact) mass is 338 g/mol. The van der Waals surface area contributed by atoms with Gasteiger partial charge in [0.15, 0.2) is 0 Å². The van der Waals surface area contributed by atoms with Gasteiger partial charge in [-0.3, -0.25) is 9.69 Å². The minimum absolute atomic E-state index is 0.0269. The maximum absolute atomic E-state index is 12.5. The van der Waals surface area contributed by atoms with E-state index >= 15 is 0 Å². The maximum atomic E-state index is 12.5. The van der Waals surface area contributed by atoms with Crippen LogP contribution in [0.1, 0.15) is 24.2 Å². The molecule has 2 aromatic carbocycles. The Kier molecular flexibility index (Phi) is 5.51. The topological polar surface area (TPSA) is 41.6 Å². The quantitative estimate of drug-likeness (QED) is 0.910. The molecular formula is C21H26N2O2. The van der Waals surface area contributed by atoms with E-state index in [1.807, 2.05) is 42.5 Å². The molecule has 0 aliphatic carbocycles. The first-order chi connectivity index (χ1) is 12.1. The van der Waals surface area contributed by atoms with Crippen molar-refractivity contribution in [2.75, 3.05) is 32.8 Å². The third-order valence-corrected chi connectivity index (χ3v) is 4.80. The van der Waals surface area contributed by atoms with E-state index in [1.165, 1.54) is 0 Å². The standard InChI is InChI=1S/C21H26N2O2/c1-21(2,23-12-14-25-15-13-23)16-22-20(24)19-10-8-18(9-11-19)17-6-4-3-5-7-17/h3-11H,12-16H2,1-2H3,(H,22,24). The number of rotatable bonds is 5. The van der Waals surface area contributed by atoms with Gasteiger partial charge in [-0.2, -0.15) is 0 Å². The van der Waals surface area contributed by atoms with Crippen LogP contribution in [0.5, 0.6) is 0 Å². The second-order valence-electron chi connectivity index (χ2n) is 7.04. The fourth-order valence-corrected chi connectivity index (χ4v) is 3.12. The highest BCUT2D eigenvalue weighted by molar-refractivity contribution is 5.94. The second kappa shape index (κ2) is 7.81. The Bertz CT molecular complexity index is 690. The third-order valence-electron chi connectivity index (χ3n) is 4.80. The van der Waals surface area contributed by atoms with E-state index in [0.29, 0.717) is 12.1 Å². The molecule has 0 unspecified atom stereocenters. The molecule has 25 heavy (non-hydrogen) atoms. The highest BCUT2D eigenvalue weighted by atomic mass is 16.5. The van der Waals surface area contributed by atoms with Crippen LogP contribution in [0.3, 0.4) is 0 Å². The average molecular weight is 338 g/mol. The van der Waals surface area contributed by atoms with Crippen molar-refractivity contribution in [2.45, 2.75) is 19.4 Å². The van der Waals surface area contributed by atoms with Gasteiger partial charge in [0.05, 0.1) is 13.2 Å². The molecule has 1 saturated heterocycles. The number of carbonyl (C=O) groups is 1. The smallest absolute Gasteiger partial charge is 0.251 e. The number of hydrogen-bond acceptors (Lipinski definition) is 3. The van der Waals surface area contributed by atoms with E-state index in [2.05, 4.69) is 36.2 Å². The second-order valence-corrected chi connectivity index (χ2v) is 7.04. The number of hydrogen-bond donors (Lipinski definition) is 1. The molecule has 3 rings (SSSR count). The predicted molar refractivity (Wildman–Crippen MR) is 101 cm³/mol. The van der Waals surface area contributed by atoms with Crippen LogP contribution in [-0.4, -0.2) is 49.2 Å². The molecule has 1 heterocycles. The van der Waals surface area contributed by atoms with Gasteiger partial charge >= 0.3 is 0 Å². The van der Waals surface area contributed by atoms with Gasteiger partial charge in [0.1, 0.15) is 0 Å². The lowest BCUT2D eigenvalue weighted by Crippen LogP contribution is -2.55. The van der Waals surface area contributed by atoms with Crippen LogP contribution in [-0.2, 0) is 4.74 Å². The number of ether oxygens (including phenoxy) is 1. The van der Waals surface area contributed by atoms with Gasteiger partial charge in [0, 0.05) is 30.7 Å². The lowest BCUT2D eigenvalue weighted by atomic mass is 10.0. The van der Waals surface area contributed by atoms with Gasteiger partial charge in [0.2, 0.25) is 0 Å². The molecule has 0 spiro atoms. The Hall–Kier alpha value is -2.17. The van der Waals surface area contributed by atoms with Crippen molar-refractivity contribution in [1.29, 1.82) is 0 Å². The molecule has 132 valence electrons. The molecule has 0 radical (unpaired) electrons. The lowest BCUT2D eigenvalue weighted by molar-refractivity contribution is -0.00923. The molecule has 0 bridgehead atoms. The van der Waals surface area contributed by atoms with Gasteiger partial charge < -0.3 is 10.1 Å². The van der Waals surface area contributed by atoms with E-state index < -0.39 is 0 Å². The summed E-state index contributed by atoms with van der Waals surface area (Å²) in [4.78, 5) is 14.8. The van der Waals surface area contributed by atoms with Crippen LogP contribution in [0.2, 0.25) is 0 Å². The van der Waals surface area contributed by atoms with Crippen molar-refractivity contribution in [2.24, 2.45) is 0 Å². The normalized spacial score (nSPS) is 15.8. The van der Waals surface area contributed by atoms with E-state index in [9.17, 15) is 4.79 Å². The Morgan fingerprint density at radius 2 is 1.60 bits per heavy atom. The molecule has 1 amide bonds. The fraction of sp³-hybridized carbons (Fsp3) is 0.381. The van der Waals surface area contributed by atoms with Crippen molar-refractivity contribution >= 4 is 5.91 Å². The molecule has 0 atom stereocenters. The number of morpholine rings is 1. The number of amides is 1. The maximum Gasteiger partial charge on any atom is 0.251 e. The van der Waals surface area contributed by atoms with E-state index in [-0.39, 0.29) is 11.4 Å². The van der Waals surface area contributed by atoms with Crippen molar-refractivity contribution in [1.82, 2.24) is 10.2 Å². The molecule has 0 saturated carbocycles. The molecule has 1 N–H and O–H groups in total. The minimum Gasteiger partial charge on any atom is -0.379 e.